The molecule has 1 aliphatic carbocycles. The molecule has 2 heteroatoms. The molecule has 1 amide bonds. The summed E-state index contributed by atoms with van der Waals surface area (Å²) in [5, 5.41) is 6.01. The van der Waals surface area contributed by atoms with Crippen molar-refractivity contribution >= 4 is 16.7 Å². The zero-order valence-electron chi connectivity index (χ0n) is 21.5. The molecule has 1 fully saturated rings. The molecule has 35 heavy (non-hydrogen) atoms. The van der Waals surface area contributed by atoms with E-state index >= 15 is 0 Å². The average molecular weight is 462 g/mol. The van der Waals surface area contributed by atoms with Crippen molar-refractivity contribution in [1.82, 2.24) is 5.32 Å². The van der Waals surface area contributed by atoms with Gasteiger partial charge in [-0.15, -0.1) is 0 Å². The van der Waals surface area contributed by atoms with E-state index in [0.29, 0.717) is 5.92 Å². The number of rotatable bonds is 4. The summed E-state index contributed by atoms with van der Waals surface area (Å²) in [5.41, 5.74) is 10.8. The second-order valence-corrected chi connectivity index (χ2v) is 10.5. The van der Waals surface area contributed by atoms with Gasteiger partial charge in [-0.2, -0.15) is 0 Å². The van der Waals surface area contributed by atoms with Crippen molar-refractivity contribution < 1.29 is 4.79 Å². The molecular weight excluding hydrogens is 426 g/mol. The molecule has 178 valence electrons. The molecule has 5 rings (SSSR count). The lowest BCUT2D eigenvalue weighted by Gasteiger charge is -2.24. The molecule has 0 saturated heterocycles. The van der Waals surface area contributed by atoms with E-state index in [0.717, 1.165) is 36.0 Å². The van der Waals surface area contributed by atoms with Crippen molar-refractivity contribution in [3.8, 4) is 11.1 Å². The summed E-state index contributed by atoms with van der Waals surface area (Å²) in [6.45, 7) is 10.7. The first-order valence-corrected chi connectivity index (χ1v) is 12.8. The van der Waals surface area contributed by atoms with E-state index in [-0.39, 0.29) is 11.9 Å². The predicted molar refractivity (Wildman–Crippen MR) is 147 cm³/mol. The van der Waals surface area contributed by atoms with Gasteiger partial charge < -0.3 is 5.32 Å². The van der Waals surface area contributed by atoms with Crippen LogP contribution in [0.4, 0.5) is 0 Å². The van der Waals surface area contributed by atoms with Crippen LogP contribution in [-0.4, -0.2) is 11.9 Å². The van der Waals surface area contributed by atoms with Crippen LogP contribution < -0.4 is 5.32 Å². The molecule has 2 atom stereocenters. The maximum absolute atomic E-state index is 13.4. The summed E-state index contributed by atoms with van der Waals surface area (Å²) in [5.74, 6) is 0.400. The molecule has 0 heterocycles. The van der Waals surface area contributed by atoms with Gasteiger partial charge in [-0.3, -0.25) is 4.79 Å². The fourth-order valence-corrected chi connectivity index (χ4v) is 5.84. The lowest BCUT2D eigenvalue weighted by atomic mass is 9.87. The van der Waals surface area contributed by atoms with E-state index in [2.05, 4.69) is 93.7 Å². The van der Waals surface area contributed by atoms with E-state index in [4.69, 9.17) is 0 Å². The molecule has 0 bridgehead atoms. The molecule has 2 nitrogen and oxygen atoms in total. The van der Waals surface area contributed by atoms with Crippen LogP contribution in [0.1, 0.15) is 68.9 Å². The van der Waals surface area contributed by atoms with Crippen LogP contribution in [0.2, 0.25) is 0 Å². The largest absolute Gasteiger partial charge is 0.349 e. The van der Waals surface area contributed by atoms with Gasteiger partial charge in [-0.25, -0.2) is 0 Å². The first-order valence-electron chi connectivity index (χ1n) is 12.8. The summed E-state index contributed by atoms with van der Waals surface area (Å²) in [7, 11) is 0. The van der Waals surface area contributed by atoms with Crippen LogP contribution in [-0.2, 0) is 0 Å². The van der Waals surface area contributed by atoms with E-state index in [1.807, 2.05) is 13.0 Å². The van der Waals surface area contributed by atoms with Crippen LogP contribution in [0.5, 0.6) is 0 Å². The Morgan fingerprint density at radius 3 is 2.11 bits per heavy atom. The summed E-state index contributed by atoms with van der Waals surface area (Å²) in [6.07, 6.45) is 3.29. The van der Waals surface area contributed by atoms with Gasteiger partial charge in [-0.05, 0) is 109 Å². The highest BCUT2D eigenvalue weighted by Gasteiger charge is 2.31. The third-order valence-corrected chi connectivity index (χ3v) is 8.00. The number of nitrogens with one attached hydrogen (secondary N) is 1. The summed E-state index contributed by atoms with van der Waals surface area (Å²) >= 11 is 0. The molecule has 0 aromatic heterocycles. The van der Waals surface area contributed by atoms with Crippen molar-refractivity contribution in [2.75, 3.05) is 0 Å². The van der Waals surface area contributed by atoms with Crippen LogP contribution in [0.15, 0.2) is 66.7 Å². The standard InChI is InChI=1S/C33H35NO/c1-20-9-6-7-10-28(20)25-13-14-29(23(4)17-25)33(35)34-32-12-8-11-30(32)31-19-27-16-22(3)21(2)15-26(27)18-24(31)5/h6-7,9-10,13-19,30,32H,8,11-12H2,1-5H3,(H,34,35). The van der Waals surface area contributed by atoms with E-state index < -0.39 is 0 Å². The Bertz CT molecular complexity index is 1430. The topological polar surface area (TPSA) is 29.1 Å². The average Bonchev–Trinajstić information content (AvgIpc) is 3.27. The number of carbonyl (C=O) groups is 1. The van der Waals surface area contributed by atoms with Gasteiger partial charge in [-0.1, -0.05) is 67.1 Å². The van der Waals surface area contributed by atoms with E-state index in [1.165, 1.54) is 44.2 Å². The van der Waals surface area contributed by atoms with Gasteiger partial charge in [0.05, 0.1) is 0 Å². The SMILES string of the molecule is Cc1cc2cc(C)c(C3CCCC3NC(=O)c3ccc(-c4ccccc4C)cc3C)cc2cc1C. The molecule has 1 aliphatic rings. The zero-order valence-corrected chi connectivity index (χ0v) is 21.5. The Labute approximate surface area is 209 Å². The Kier molecular flexibility index (Phi) is 6.23. The maximum Gasteiger partial charge on any atom is 0.251 e. The molecule has 1 N–H and O–H groups in total. The number of fused-ring (bicyclic) bond motifs is 1. The van der Waals surface area contributed by atoms with Crippen molar-refractivity contribution in [3.63, 3.8) is 0 Å². The highest BCUT2D eigenvalue weighted by Crippen LogP contribution is 2.38. The molecule has 4 aromatic carbocycles. The van der Waals surface area contributed by atoms with Gasteiger partial charge in [0.2, 0.25) is 0 Å². The molecule has 0 aliphatic heterocycles. The second kappa shape index (κ2) is 9.34. The molecule has 1 saturated carbocycles. The number of benzene rings is 4. The van der Waals surface area contributed by atoms with E-state index in [1.54, 1.807) is 0 Å². The van der Waals surface area contributed by atoms with Crippen molar-refractivity contribution in [3.05, 3.63) is 106 Å². The van der Waals surface area contributed by atoms with Gasteiger partial charge in [0, 0.05) is 17.5 Å². The highest BCUT2D eigenvalue weighted by molar-refractivity contribution is 5.96. The first-order chi connectivity index (χ1) is 16.8. The lowest BCUT2D eigenvalue weighted by Crippen LogP contribution is -2.37. The molecule has 0 radical (unpaired) electrons. The van der Waals surface area contributed by atoms with Gasteiger partial charge in [0.25, 0.3) is 5.91 Å². The number of aryl methyl sites for hydroxylation is 5. The number of hydrogen-bond donors (Lipinski definition) is 1. The quantitative estimate of drug-likeness (QED) is 0.327. The fraction of sp³-hybridized carbons (Fsp3) is 0.303. The van der Waals surface area contributed by atoms with Crippen molar-refractivity contribution in [2.24, 2.45) is 0 Å². The zero-order chi connectivity index (χ0) is 24.7. The molecule has 0 spiro atoms. The Morgan fingerprint density at radius 2 is 1.40 bits per heavy atom. The van der Waals surface area contributed by atoms with Crippen LogP contribution in [0.25, 0.3) is 21.9 Å². The summed E-state index contributed by atoms with van der Waals surface area (Å²) in [4.78, 5) is 13.4. The van der Waals surface area contributed by atoms with Crippen LogP contribution >= 0.6 is 0 Å². The molecular formula is C33H35NO. The Morgan fingerprint density at radius 1 is 0.714 bits per heavy atom. The number of amides is 1. The maximum atomic E-state index is 13.4. The second-order valence-electron chi connectivity index (χ2n) is 10.5. The minimum atomic E-state index is 0.0423. The van der Waals surface area contributed by atoms with Crippen LogP contribution in [0.3, 0.4) is 0 Å². The Balaban J connectivity index is 1.39. The summed E-state index contributed by atoms with van der Waals surface area (Å²) in [6, 6.07) is 24.1. The summed E-state index contributed by atoms with van der Waals surface area (Å²) < 4.78 is 0. The van der Waals surface area contributed by atoms with Crippen LogP contribution in [0, 0.1) is 34.6 Å². The first kappa shape index (κ1) is 23.4. The third kappa shape index (κ3) is 4.50. The fourth-order valence-electron chi connectivity index (χ4n) is 5.84. The minimum Gasteiger partial charge on any atom is -0.349 e. The molecule has 4 aromatic rings. The number of hydrogen-bond acceptors (Lipinski definition) is 1. The normalized spacial score (nSPS) is 17.6. The third-order valence-electron chi connectivity index (χ3n) is 8.00. The highest BCUT2D eigenvalue weighted by atomic mass is 16.1. The van der Waals surface area contributed by atoms with E-state index in [9.17, 15) is 4.79 Å². The van der Waals surface area contributed by atoms with Gasteiger partial charge in [0.1, 0.15) is 0 Å². The Hall–Kier alpha value is -3.39. The monoisotopic (exact) mass is 461 g/mol. The molecule has 2 unspecified atom stereocenters. The van der Waals surface area contributed by atoms with Crippen molar-refractivity contribution in [2.45, 2.75) is 65.8 Å². The minimum absolute atomic E-state index is 0.0423. The van der Waals surface area contributed by atoms with Gasteiger partial charge in [0.15, 0.2) is 0 Å². The number of carbonyl (C=O) groups excluding carboxylic acids is 1. The van der Waals surface area contributed by atoms with Crippen molar-refractivity contribution in [1.29, 1.82) is 0 Å². The smallest absolute Gasteiger partial charge is 0.251 e. The van der Waals surface area contributed by atoms with Gasteiger partial charge >= 0.3 is 0 Å². The predicted octanol–water partition coefficient (Wildman–Crippen LogP) is 8.12. The lowest BCUT2D eigenvalue weighted by molar-refractivity contribution is 0.0934.